The number of hydrogen-bond acceptors (Lipinski definition) is 3. The predicted molar refractivity (Wildman–Crippen MR) is 113 cm³/mol. The maximum Gasteiger partial charge on any atom is 0.255 e. The number of benzene rings is 3. The zero-order valence-corrected chi connectivity index (χ0v) is 17.0. The van der Waals surface area contributed by atoms with E-state index in [1.165, 1.54) is 0 Å². The third-order valence-corrected chi connectivity index (χ3v) is 4.67. The molecule has 6 heteroatoms. The van der Waals surface area contributed by atoms with Crippen LogP contribution < -0.4 is 14.8 Å². The van der Waals surface area contributed by atoms with Crippen LogP contribution in [0.2, 0.25) is 10.0 Å². The summed E-state index contributed by atoms with van der Waals surface area (Å²) in [5, 5.41) is 4.17. The lowest BCUT2D eigenvalue weighted by atomic mass is 10.1. The van der Waals surface area contributed by atoms with Gasteiger partial charge in [-0.15, -0.1) is 0 Å². The molecule has 0 bridgehead atoms. The van der Waals surface area contributed by atoms with Crippen molar-refractivity contribution < 1.29 is 14.3 Å². The molecule has 0 spiro atoms. The van der Waals surface area contributed by atoms with E-state index in [1.54, 1.807) is 67.8 Å². The topological polar surface area (TPSA) is 47.6 Å². The molecule has 0 saturated heterocycles. The highest BCUT2D eigenvalue weighted by molar-refractivity contribution is 6.31. The fourth-order valence-electron chi connectivity index (χ4n) is 2.69. The minimum absolute atomic E-state index is 0.221. The summed E-state index contributed by atoms with van der Waals surface area (Å²) in [4.78, 5) is 12.7. The van der Waals surface area contributed by atoms with Gasteiger partial charge >= 0.3 is 0 Å². The molecule has 0 aliphatic rings. The summed E-state index contributed by atoms with van der Waals surface area (Å²) < 4.78 is 11.2. The lowest BCUT2D eigenvalue weighted by molar-refractivity contribution is 0.102. The van der Waals surface area contributed by atoms with Crippen LogP contribution in [0, 0.1) is 6.92 Å². The van der Waals surface area contributed by atoms with Crippen molar-refractivity contribution in [2.75, 3.05) is 12.4 Å². The summed E-state index contributed by atoms with van der Waals surface area (Å²) >= 11 is 11.9. The van der Waals surface area contributed by atoms with E-state index in [9.17, 15) is 4.79 Å². The minimum Gasteiger partial charge on any atom is -0.496 e. The zero-order chi connectivity index (χ0) is 20.1. The van der Waals surface area contributed by atoms with E-state index in [4.69, 9.17) is 32.7 Å². The fourth-order valence-corrected chi connectivity index (χ4v) is 3.04. The Morgan fingerprint density at radius 2 is 1.68 bits per heavy atom. The molecule has 3 rings (SSSR count). The Labute approximate surface area is 174 Å². The van der Waals surface area contributed by atoms with Crippen LogP contribution in [0.25, 0.3) is 0 Å². The quantitative estimate of drug-likeness (QED) is 0.525. The maximum atomic E-state index is 12.7. The summed E-state index contributed by atoms with van der Waals surface area (Å²) in [6.45, 7) is 2.15. The molecule has 0 aliphatic carbocycles. The number of rotatable bonds is 6. The van der Waals surface area contributed by atoms with Gasteiger partial charge in [0.15, 0.2) is 0 Å². The number of carbonyl (C=O) groups excluding carboxylic acids is 1. The first kappa shape index (κ1) is 20.1. The van der Waals surface area contributed by atoms with Crippen molar-refractivity contribution in [3.05, 3.63) is 87.4 Å². The summed E-state index contributed by atoms with van der Waals surface area (Å²) in [7, 11) is 1.58. The smallest absolute Gasteiger partial charge is 0.255 e. The summed E-state index contributed by atoms with van der Waals surface area (Å²) in [5.74, 6) is 1.10. The van der Waals surface area contributed by atoms with Gasteiger partial charge in [0.05, 0.1) is 7.11 Å². The molecule has 1 N–H and O–H groups in total. The average Bonchev–Trinajstić information content (AvgIpc) is 2.69. The summed E-state index contributed by atoms with van der Waals surface area (Å²) in [5.41, 5.74) is 2.87. The zero-order valence-electron chi connectivity index (χ0n) is 15.5. The number of anilines is 1. The van der Waals surface area contributed by atoms with Crippen LogP contribution in [-0.4, -0.2) is 13.0 Å². The van der Waals surface area contributed by atoms with Gasteiger partial charge in [-0.05, 0) is 73.2 Å². The molecular weight excluding hydrogens is 397 g/mol. The second-order valence-electron chi connectivity index (χ2n) is 6.18. The van der Waals surface area contributed by atoms with Crippen molar-refractivity contribution in [2.45, 2.75) is 13.5 Å². The molecule has 0 aromatic heterocycles. The van der Waals surface area contributed by atoms with E-state index >= 15 is 0 Å². The SMILES string of the molecule is COc1ccc(C(=O)Nc2ccc(Cl)cc2C)cc1COc1ccc(Cl)cc1. The van der Waals surface area contributed by atoms with E-state index in [-0.39, 0.29) is 12.5 Å². The van der Waals surface area contributed by atoms with Crippen molar-refractivity contribution in [3.63, 3.8) is 0 Å². The van der Waals surface area contributed by atoms with Gasteiger partial charge in [-0.3, -0.25) is 4.79 Å². The second-order valence-corrected chi connectivity index (χ2v) is 7.06. The molecule has 4 nitrogen and oxygen atoms in total. The third kappa shape index (κ3) is 4.97. The van der Waals surface area contributed by atoms with Crippen LogP contribution in [0.15, 0.2) is 60.7 Å². The monoisotopic (exact) mass is 415 g/mol. The molecule has 0 heterocycles. The van der Waals surface area contributed by atoms with Crippen LogP contribution >= 0.6 is 23.2 Å². The van der Waals surface area contributed by atoms with Crippen molar-refractivity contribution in [2.24, 2.45) is 0 Å². The Morgan fingerprint density at radius 1 is 0.964 bits per heavy atom. The van der Waals surface area contributed by atoms with E-state index < -0.39 is 0 Å². The number of halogens is 2. The van der Waals surface area contributed by atoms with Gasteiger partial charge in [0.1, 0.15) is 18.1 Å². The van der Waals surface area contributed by atoms with Gasteiger partial charge < -0.3 is 14.8 Å². The van der Waals surface area contributed by atoms with Crippen LogP contribution in [-0.2, 0) is 6.61 Å². The van der Waals surface area contributed by atoms with Crippen molar-refractivity contribution >= 4 is 34.8 Å². The molecule has 0 atom stereocenters. The highest BCUT2D eigenvalue weighted by Gasteiger charge is 2.12. The lowest BCUT2D eigenvalue weighted by Crippen LogP contribution is -2.13. The number of aryl methyl sites for hydroxylation is 1. The lowest BCUT2D eigenvalue weighted by Gasteiger charge is -2.13. The normalized spacial score (nSPS) is 10.4. The predicted octanol–water partition coefficient (Wildman–Crippen LogP) is 6.14. The van der Waals surface area contributed by atoms with Crippen LogP contribution in [0.3, 0.4) is 0 Å². The second kappa shape index (κ2) is 9.00. The molecule has 0 aliphatic heterocycles. The van der Waals surface area contributed by atoms with E-state index in [0.29, 0.717) is 32.8 Å². The van der Waals surface area contributed by atoms with Crippen LogP contribution in [0.5, 0.6) is 11.5 Å². The van der Waals surface area contributed by atoms with Gasteiger partial charge in [-0.2, -0.15) is 0 Å². The number of hydrogen-bond donors (Lipinski definition) is 1. The largest absolute Gasteiger partial charge is 0.496 e. The Balaban J connectivity index is 1.77. The van der Waals surface area contributed by atoms with Gasteiger partial charge in [0, 0.05) is 26.9 Å². The number of methoxy groups -OCH3 is 1. The van der Waals surface area contributed by atoms with Crippen molar-refractivity contribution in [1.29, 1.82) is 0 Å². The van der Waals surface area contributed by atoms with Gasteiger partial charge in [-0.1, -0.05) is 23.2 Å². The molecule has 3 aromatic carbocycles. The third-order valence-electron chi connectivity index (χ3n) is 4.19. The molecule has 28 heavy (non-hydrogen) atoms. The molecule has 0 radical (unpaired) electrons. The average molecular weight is 416 g/mol. The highest BCUT2D eigenvalue weighted by atomic mass is 35.5. The molecule has 144 valence electrons. The first-order chi connectivity index (χ1) is 13.5. The highest BCUT2D eigenvalue weighted by Crippen LogP contribution is 2.25. The van der Waals surface area contributed by atoms with Crippen LogP contribution in [0.1, 0.15) is 21.5 Å². The molecular formula is C22H19Cl2NO3. The van der Waals surface area contributed by atoms with Crippen LogP contribution in [0.4, 0.5) is 5.69 Å². The number of nitrogens with one attached hydrogen (secondary N) is 1. The van der Waals surface area contributed by atoms with Crippen molar-refractivity contribution in [1.82, 2.24) is 0 Å². The number of amides is 1. The maximum absolute atomic E-state index is 12.7. The van der Waals surface area contributed by atoms with E-state index in [1.807, 2.05) is 6.92 Å². The molecule has 0 fully saturated rings. The van der Waals surface area contributed by atoms with Crippen molar-refractivity contribution in [3.8, 4) is 11.5 Å². The Hall–Kier alpha value is -2.69. The summed E-state index contributed by atoms with van der Waals surface area (Å²) in [6.07, 6.45) is 0. The first-order valence-electron chi connectivity index (χ1n) is 8.59. The Kier molecular flexibility index (Phi) is 6.45. The minimum atomic E-state index is -0.221. The first-order valence-corrected chi connectivity index (χ1v) is 9.34. The molecule has 0 saturated carbocycles. The molecule has 3 aromatic rings. The molecule has 0 unspecified atom stereocenters. The molecule has 1 amide bonds. The Morgan fingerprint density at radius 3 is 2.36 bits per heavy atom. The van der Waals surface area contributed by atoms with Gasteiger partial charge in [-0.25, -0.2) is 0 Å². The van der Waals surface area contributed by atoms with E-state index in [2.05, 4.69) is 5.32 Å². The fraction of sp³-hybridized carbons (Fsp3) is 0.136. The van der Waals surface area contributed by atoms with Gasteiger partial charge in [0.25, 0.3) is 5.91 Å². The van der Waals surface area contributed by atoms with Gasteiger partial charge in [0.2, 0.25) is 0 Å². The summed E-state index contributed by atoms with van der Waals surface area (Å²) in [6, 6.07) is 17.6. The van der Waals surface area contributed by atoms with E-state index in [0.717, 1.165) is 11.1 Å². The Bertz CT molecular complexity index is 988. The number of ether oxygens (including phenoxy) is 2. The number of carbonyl (C=O) groups is 1. The standard InChI is InChI=1S/C22H19Cl2NO3/c1-14-11-18(24)6-9-20(14)25-22(26)15-3-10-21(27-2)16(12-15)13-28-19-7-4-17(23)5-8-19/h3-12H,13H2,1-2H3,(H,25,26).